The number of hydrogen-bond donors (Lipinski definition) is 0. The van der Waals surface area contributed by atoms with Gasteiger partial charge in [0.1, 0.15) is 17.3 Å². The van der Waals surface area contributed by atoms with Crippen molar-refractivity contribution in [3.05, 3.63) is 95.8 Å². The molecule has 0 saturated carbocycles. The molecule has 0 N–H and O–H groups in total. The van der Waals surface area contributed by atoms with Crippen LogP contribution >= 0.6 is 0 Å². The molecular formula is C24H25FO2. The maximum absolute atomic E-state index is 13.0. The molecule has 3 aromatic rings. The van der Waals surface area contributed by atoms with Gasteiger partial charge >= 0.3 is 0 Å². The zero-order valence-corrected chi connectivity index (χ0v) is 15.8. The van der Waals surface area contributed by atoms with Crippen molar-refractivity contribution in [1.29, 1.82) is 0 Å². The van der Waals surface area contributed by atoms with E-state index in [0.717, 1.165) is 12.0 Å². The Morgan fingerprint density at radius 1 is 0.852 bits per heavy atom. The lowest BCUT2D eigenvalue weighted by Crippen LogP contribution is -2.27. The van der Waals surface area contributed by atoms with Gasteiger partial charge in [-0.2, -0.15) is 0 Å². The molecule has 140 valence electrons. The number of ether oxygens (including phenoxy) is 2. The van der Waals surface area contributed by atoms with Crippen molar-refractivity contribution in [2.45, 2.75) is 32.3 Å². The molecule has 1 unspecified atom stereocenters. The number of halogens is 1. The van der Waals surface area contributed by atoms with Crippen LogP contribution in [-0.2, 0) is 16.8 Å². The molecule has 0 heterocycles. The third-order valence-electron chi connectivity index (χ3n) is 4.89. The lowest BCUT2D eigenvalue weighted by Gasteiger charge is -2.28. The molecule has 1 atom stereocenters. The fourth-order valence-corrected chi connectivity index (χ4v) is 2.96. The summed E-state index contributed by atoms with van der Waals surface area (Å²) in [7, 11) is 0. The predicted octanol–water partition coefficient (Wildman–Crippen LogP) is 6.50. The highest BCUT2D eigenvalue weighted by atomic mass is 19.1. The van der Waals surface area contributed by atoms with Gasteiger partial charge in [0.25, 0.3) is 0 Å². The molecule has 0 aliphatic carbocycles. The summed E-state index contributed by atoms with van der Waals surface area (Å²) in [5.41, 5.74) is 2.32. The Labute approximate surface area is 160 Å². The number of hydrogen-bond acceptors (Lipinski definition) is 2. The summed E-state index contributed by atoms with van der Waals surface area (Å²) in [5, 5.41) is 0. The van der Waals surface area contributed by atoms with Gasteiger partial charge in [0, 0.05) is 5.41 Å². The van der Waals surface area contributed by atoms with Crippen LogP contribution in [0.4, 0.5) is 4.39 Å². The Hall–Kier alpha value is -2.65. The molecule has 3 heteroatoms. The summed E-state index contributed by atoms with van der Waals surface area (Å²) in [5.74, 6) is 1.04. The largest absolute Gasteiger partial charge is 0.457 e. The molecule has 0 radical (unpaired) electrons. The summed E-state index contributed by atoms with van der Waals surface area (Å²) >= 11 is 0. The van der Waals surface area contributed by atoms with Gasteiger partial charge in [0.15, 0.2) is 0 Å². The van der Waals surface area contributed by atoms with Gasteiger partial charge in [0.05, 0.1) is 13.2 Å². The monoisotopic (exact) mass is 364 g/mol. The molecule has 27 heavy (non-hydrogen) atoms. The second-order valence-electron chi connectivity index (χ2n) is 6.98. The van der Waals surface area contributed by atoms with Crippen molar-refractivity contribution >= 4 is 0 Å². The molecule has 3 aromatic carbocycles. The molecule has 0 aliphatic rings. The van der Waals surface area contributed by atoms with Gasteiger partial charge in [-0.15, -0.1) is 0 Å². The van der Waals surface area contributed by atoms with E-state index in [-0.39, 0.29) is 11.2 Å². The van der Waals surface area contributed by atoms with Gasteiger partial charge in [-0.25, -0.2) is 4.39 Å². The molecule has 2 nitrogen and oxygen atoms in total. The quantitative estimate of drug-likeness (QED) is 0.454. The van der Waals surface area contributed by atoms with Crippen LogP contribution < -0.4 is 4.74 Å². The molecule has 0 spiro atoms. The van der Waals surface area contributed by atoms with Crippen molar-refractivity contribution in [2.75, 3.05) is 6.61 Å². The Balaban J connectivity index is 1.60. The molecule has 0 fully saturated rings. The number of benzene rings is 3. The van der Waals surface area contributed by atoms with Gasteiger partial charge in [-0.05, 0) is 53.9 Å². The minimum Gasteiger partial charge on any atom is -0.457 e. The van der Waals surface area contributed by atoms with E-state index in [9.17, 15) is 4.39 Å². The second kappa shape index (κ2) is 8.83. The topological polar surface area (TPSA) is 18.5 Å². The van der Waals surface area contributed by atoms with E-state index in [1.807, 2.05) is 30.3 Å². The standard InChI is InChI=1S/C24H25FO2/c1-3-24(2,20-9-5-4-6-10-20)18-26-17-19-8-7-11-23(16-19)27-22-14-12-21(25)13-15-22/h4-16H,3,17-18H2,1-2H3. The minimum absolute atomic E-state index is 0.0104. The Kier molecular flexibility index (Phi) is 6.25. The summed E-state index contributed by atoms with van der Waals surface area (Å²) in [4.78, 5) is 0. The predicted molar refractivity (Wildman–Crippen MR) is 107 cm³/mol. The van der Waals surface area contributed by atoms with Crippen molar-refractivity contribution in [2.24, 2.45) is 0 Å². The first-order chi connectivity index (χ1) is 13.1. The molecule has 0 bridgehead atoms. The van der Waals surface area contributed by atoms with Crippen LogP contribution in [0.2, 0.25) is 0 Å². The van der Waals surface area contributed by atoms with E-state index in [1.165, 1.54) is 17.7 Å². The minimum atomic E-state index is -0.276. The summed E-state index contributed by atoms with van der Waals surface area (Å²) in [6.45, 7) is 5.59. The first-order valence-corrected chi connectivity index (χ1v) is 9.25. The van der Waals surface area contributed by atoms with Crippen molar-refractivity contribution in [3.63, 3.8) is 0 Å². The molecule has 3 rings (SSSR count). The average molecular weight is 364 g/mol. The first-order valence-electron chi connectivity index (χ1n) is 9.25. The normalized spacial score (nSPS) is 13.1. The van der Waals surface area contributed by atoms with E-state index in [1.54, 1.807) is 12.1 Å². The molecule has 0 aromatic heterocycles. The highest BCUT2D eigenvalue weighted by Gasteiger charge is 2.24. The van der Waals surface area contributed by atoms with Crippen LogP contribution in [0.15, 0.2) is 78.9 Å². The zero-order chi connectivity index (χ0) is 19.1. The van der Waals surface area contributed by atoms with E-state index < -0.39 is 0 Å². The smallest absolute Gasteiger partial charge is 0.127 e. The molecular weight excluding hydrogens is 339 g/mol. The van der Waals surface area contributed by atoms with Gasteiger partial charge < -0.3 is 9.47 Å². The maximum Gasteiger partial charge on any atom is 0.127 e. The van der Waals surface area contributed by atoms with E-state index in [2.05, 4.69) is 38.1 Å². The van der Waals surface area contributed by atoms with Gasteiger partial charge in [-0.1, -0.05) is 56.3 Å². The highest BCUT2D eigenvalue weighted by molar-refractivity contribution is 5.34. The highest BCUT2D eigenvalue weighted by Crippen LogP contribution is 2.28. The van der Waals surface area contributed by atoms with Crippen LogP contribution in [0.5, 0.6) is 11.5 Å². The van der Waals surface area contributed by atoms with Crippen molar-refractivity contribution in [3.8, 4) is 11.5 Å². The molecule has 0 amide bonds. The maximum atomic E-state index is 13.0. The molecule has 0 saturated heterocycles. The number of rotatable bonds is 8. The van der Waals surface area contributed by atoms with Crippen LogP contribution in [0, 0.1) is 5.82 Å². The third kappa shape index (κ3) is 5.18. The second-order valence-corrected chi connectivity index (χ2v) is 6.98. The Morgan fingerprint density at radius 3 is 2.30 bits per heavy atom. The van der Waals surface area contributed by atoms with Gasteiger partial charge in [0.2, 0.25) is 0 Å². The van der Waals surface area contributed by atoms with Crippen molar-refractivity contribution in [1.82, 2.24) is 0 Å². The van der Waals surface area contributed by atoms with Crippen LogP contribution in [0.3, 0.4) is 0 Å². The van der Waals surface area contributed by atoms with Gasteiger partial charge in [-0.3, -0.25) is 0 Å². The average Bonchev–Trinajstić information content (AvgIpc) is 2.70. The van der Waals surface area contributed by atoms with Crippen LogP contribution in [0.1, 0.15) is 31.4 Å². The van der Waals surface area contributed by atoms with E-state index >= 15 is 0 Å². The van der Waals surface area contributed by atoms with Crippen LogP contribution in [-0.4, -0.2) is 6.61 Å². The fraction of sp³-hybridized carbons (Fsp3) is 0.250. The summed E-state index contributed by atoms with van der Waals surface area (Å²) < 4.78 is 24.8. The first kappa shape index (κ1) is 19.1. The Morgan fingerprint density at radius 2 is 1.59 bits per heavy atom. The van der Waals surface area contributed by atoms with E-state index in [0.29, 0.717) is 24.7 Å². The molecule has 0 aliphatic heterocycles. The summed E-state index contributed by atoms with van der Waals surface area (Å²) in [6.07, 6.45) is 1.00. The third-order valence-corrected chi connectivity index (χ3v) is 4.89. The Bertz CT molecular complexity index is 846. The zero-order valence-electron chi connectivity index (χ0n) is 15.8. The van der Waals surface area contributed by atoms with E-state index in [4.69, 9.17) is 9.47 Å². The lowest BCUT2D eigenvalue weighted by molar-refractivity contribution is 0.0747. The SMILES string of the molecule is CCC(C)(COCc1cccc(Oc2ccc(F)cc2)c1)c1ccccc1. The van der Waals surface area contributed by atoms with Crippen LogP contribution in [0.25, 0.3) is 0 Å². The van der Waals surface area contributed by atoms with Crippen molar-refractivity contribution < 1.29 is 13.9 Å². The fourth-order valence-electron chi connectivity index (χ4n) is 2.96. The summed E-state index contributed by atoms with van der Waals surface area (Å²) in [6, 6.07) is 24.3. The lowest BCUT2D eigenvalue weighted by atomic mass is 9.81.